The topological polar surface area (TPSA) is 49.6 Å². The third-order valence-corrected chi connectivity index (χ3v) is 2.00. The second kappa shape index (κ2) is 3.12. The van der Waals surface area contributed by atoms with Crippen LogP contribution < -0.4 is 5.73 Å². The maximum Gasteiger partial charge on any atom is 0.339 e. The van der Waals surface area contributed by atoms with E-state index < -0.39 is 6.03 Å². The van der Waals surface area contributed by atoms with Crippen molar-refractivity contribution in [3.05, 3.63) is 0 Å². The zero-order chi connectivity index (χ0) is 7.56. The van der Waals surface area contributed by atoms with Crippen molar-refractivity contribution in [2.45, 2.75) is 12.8 Å². The summed E-state index contributed by atoms with van der Waals surface area (Å²) in [7, 11) is 0. The summed E-state index contributed by atoms with van der Waals surface area (Å²) in [5, 5.41) is 1.82. The number of carbonyl (C=O) groups excluding carboxylic acids is 1. The van der Waals surface area contributed by atoms with Crippen molar-refractivity contribution in [2.75, 3.05) is 13.1 Å². The Morgan fingerprint density at radius 2 is 2.00 bits per heavy atom. The molecule has 1 aliphatic rings. The molecule has 2 amide bonds. The van der Waals surface area contributed by atoms with Crippen LogP contribution in [0.5, 0.6) is 0 Å². The van der Waals surface area contributed by atoms with Crippen LogP contribution in [0, 0.1) is 0 Å². The molecular formula is C5H11N3OS. The number of primary amides is 1. The zero-order valence-electron chi connectivity index (χ0n) is 5.66. The monoisotopic (exact) mass is 161 g/mol. The van der Waals surface area contributed by atoms with Gasteiger partial charge in [-0.3, -0.25) is 0 Å². The molecule has 58 valence electrons. The largest absolute Gasteiger partial charge is 0.350 e. The van der Waals surface area contributed by atoms with E-state index in [4.69, 9.17) is 5.73 Å². The van der Waals surface area contributed by atoms with Gasteiger partial charge >= 0.3 is 6.03 Å². The van der Waals surface area contributed by atoms with E-state index in [-0.39, 0.29) is 0 Å². The molecule has 0 bridgehead atoms. The van der Waals surface area contributed by atoms with Gasteiger partial charge in [0.15, 0.2) is 0 Å². The van der Waals surface area contributed by atoms with Gasteiger partial charge in [0.25, 0.3) is 0 Å². The highest BCUT2D eigenvalue weighted by Crippen LogP contribution is 2.11. The summed E-state index contributed by atoms with van der Waals surface area (Å²) in [6.45, 7) is 1.76. The minimum atomic E-state index is -0.509. The van der Waals surface area contributed by atoms with Gasteiger partial charge in [-0.15, -0.1) is 0 Å². The Kier molecular flexibility index (Phi) is 2.39. The molecule has 0 aliphatic carbocycles. The molecule has 0 saturated carbocycles. The van der Waals surface area contributed by atoms with Crippen LogP contribution in [0.3, 0.4) is 0 Å². The number of thiol groups is 1. The number of rotatable bonds is 1. The lowest BCUT2D eigenvalue weighted by molar-refractivity contribution is 0.130. The predicted molar refractivity (Wildman–Crippen MR) is 41.2 cm³/mol. The number of carbonyl (C=O) groups is 1. The van der Waals surface area contributed by atoms with Crippen LogP contribution >= 0.6 is 12.8 Å². The van der Waals surface area contributed by atoms with Crippen molar-refractivity contribution in [3.63, 3.8) is 0 Å². The lowest BCUT2D eigenvalue weighted by Gasteiger charge is -2.23. The summed E-state index contributed by atoms with van der Waals surface area (Å²) >= 11 is 3.90. The lowest BCUT2D eigenvalue weighted by Crippen LogP contribution is -2.41. The fourth-order valence-electron chi connectivity index (χ4n) is 1.03. The molecular weight excluding hydrogens is 150 g/mol. The molecule has 2 N–H and O–H groups in total. The zero-order valence-corrected chi connectivity index (χ0v) is 6.55. The maximum atomic E-state index is 10.5. The van der Waals surface area contributed by atoms with Gasteiger partial charge in [0.2, 0.25) is 0 Å². The van der Waals surface area contributed by atoms with Crippen LogP contribution in [-0.4, -0.2) is 28.5 Å². The van der Waals surface area contributed by atoms with E-state index in [0.29, 0.717) is 0 Å². The molecule has 0 aromatic carbocycles. The molecule has 0 spiro atoms. The first-order chi connectivity index (χ1) is 4.72. The Morgan fingerprint density at radius 3 is 2.40 bits per heavy atom. The number of urea groups is 1. The van der Waals surface area contributed by atoms with E-state index in [2.05, 4.69) is 12.8 Å². The summed E-state index contributed by atoms with van der Waals surface area (Å²) in [4.78, 5) is 10.5. The van der Waals surface area contributed by atoms with Gasteiger partial charge < -0.3 is 5.73 Å². The summed E-state index contributed by atoms with van der Waals surface area (Å²) in [6, 6.07) is -0.509. The number of nitrogens with two attached hydrogens (primary N) is 1. The van der Waals surface area contributed by atoms with Gasteiger partial charge in [-0.05, 0) is 25.7 Å². The molecule has 10 heavy (non-hydrogen) atoms. The molecule has 5 heteroatoms. The Morgan fingerprint density at radius 1 is 1.50 bits per heavy atom. The lowest BCUT2D eigenvalue weighted by atomic mass is 10.4. The number of nitrogens with zero attached hydrogens (tertiary/aromatic N) is 2. The highest BCUT2D eigenvalue weighted by molar-refractivity contribution is 7.78. The Bertz CT molecular complexity index is 135. The van der Waals surface area contributed by atoms with E-state index in [1.54, 1.807) is 0 Å². The molecule has 0 radical (unpaired) electrons. The molecule has 1 aliphatic heterocycles. The first-order valence-electron chi connectivity index (χ1n) is 3.25. The molecule has 1 saturated heterocycles. The fraction of sp³-hybridized carbons (Fsp3) is 0.800. The predicted octanol–water partition coefficient (Wildman–Crippen LogP) is 0.223. The SMILES string of the molecule is NC(=O)N(S)N1CCCC1. The summed E-state index contributed by atoms with van der Waals surface area (Å²) in [5.41, 5.74) is 4.98. The van der Waals surface area contributed by atoms with Crippen molar-refractivity contribution in [2.24, 2.45) is 5.73 Å². The second-order valence-electron chi connectivity index (χ2n) is 2.29. The van der Waals surface area contributed by atoms with Crippen LogP contribution in [-0.2, 0) is 0 Å². The van der Waals surface area contributed by atoms with Crippen LogP contribution in [0.25, 0.3) is 0 Å². The van der Waals surface area contributed by atoms with Gasteiger partial charge in [0, 0.05) is 13.1 Å². The average molecular weight is 161 g/mol. The van der Waals surface area contributed by atoms with Gasteiger partial charge in [-0.25, -0.2) is 14.2 Å². The normalized spacial score (nSPS) is 19.3. The Labute approximate surface area is 65.5 Å². The molecule has 4 nitrogen and oxygen atoms in total. The molecule has 1 heterocycles. The van der Waals surface area contributed by atoms with Crippen molar-refractivity contribution in [3.8, 4) is 0 Å². The molecule has 0 aromatic heterocycles. The standard InChI is InChI=1S/C5H11N3OS/c6-5(9)8(10)7-3-1-2-4-7/h10H,1-4H2,(H2,6,9). The molecule has 0 unspecified atom stereocenters. The Balaban J connectivity index is 2.39. The van der Waals surface area contributed by atoms with Crippen LogP contribution in [0.2, 0.25) is 0 Å². The van der Waals surface area contributed by atoms with Crippen LogP contribution in [0.4, 0.5) is 4.79 Å². The van der Waals surface area contributed by atoms with E-state index in [0.717, 1.165) is 25.9 Å². The van der Waals surface area contributed by atoms with Gasteiger partial charge in [0.1, 0.15) is 0 Å². The van der Waals surface area contributed by atoms with E-state index in [1.165, 1.54) is 4.41 Å². The van der Waals surface area contributed by atoms with Crippen LogP contribution in [0.1, 0.15) is 12.8 Å². The number of hydrogen-bond donors (Lipinski definition) is 2. The first kappa shape index (κ1) is 7.68. The highest BCUT2D eigenvalue weighted by Gasteiger charge is 2.18. The van der Waals surface area contributed by atoms with Crippen molar-refractivity contribution < 1.29 is 4.79 Å². The third kappa shape index (κ3) is 1.54. The molecule has 1 rings (SSSR count). The van der Waals surface area contributed by atoms with Gasteiger partial charge in [-0.2, -0.15) is 0 Å². The second-order valence-corrected chi connectivity index (χ2v) is 2.67. The van der Waals surface area contributed by atoms with E-state index in [9.17, 15) is 4.79 Å². The summed E-state index contributed by atoms with van der Waals surface area (Å²) in [5.74, 6) is 0. The summed E-state index contributed by atoms with van der Waals surface area (Å²) in [6.07, 6.45) is 2.23. The van der Waals surface area contributed by atoms with Gasteiger partial charge in [-0.1, -0.05) is 0 Å². The average Bonchev–Trinajstić information content (AvgIpc) is 2.36. The smallest absolute Gasteiger partial charge is 0.339 e. The first-order valence-corrected chi connectivity index (χ1v) is 3.65. The molecule has 0 atom stereocenters. The highest BCUT2D eigenvalue weighted by atomic mass is 32.1. The molecule has 1 fully saturated rings. The Hall–Kier alpha value is -0.420. The van der Waals surface area contributed by atoms with Gasteiger partial charge in [0.05, 0.1) is 0 Å². The summed E-state index contributed by atoms with van der Waals surface area (Å²) < 4.78 is 1.17. The van der Waals surface area contributed by atoms with Crippen molar-refractivity contribution in [1.82, 2.24) is 9.42 Å². The van der Waals surface area contributed by atoms with Crippen molar-refractivity contribution >= 4 is 18.8 Å². The molecule has 0 aromatic rings. The number of hydrogen-bond acceptors (Lipinski definition) is 3. The van der Waals surface area contributed by atoms with E-state index in [1.807, 2.05) is 5.01 Å². The minimum absolute atomic E-state index is 0.509. The quantitative estimate of drug-likeness (QED) is 0.541. The minimum Gasteiger partial charge on any atom is -0.350 e. The van der Waals surface area contributed by atoms with E-state index >= 15 is 0 Å². The van der Waals surface area contributed by atoms with Crippen LogP contribution in [0.15, 0.2) is 0 Å². The fourth-order valence-corrected chi connectivity index (χ4v) is 1.21. The number of amides is 2. The maximum absolute atomic E-state index is 10.5. The number of hydrazine groups is 1. The third-order valence-electron chi connectivity index (χ3n) is 1.55. The van der Waals surface area contributed by atoms with Crippen molar-refractivity contribution in [1.29, 1.82) is 0 Å².